The number of nitro benzene ring substituents is 1. The van der Waals surface area contributed by atoms with E-state index in [1.54, 1.807) is 11.0 Å². The van der Waals surface area contributed by atoms with E-state index in [9.17, 15) is 14.9 Å². The van der Waals surface area contributed by atoms with Crippen molar-refractivity contribution in [1.29, 1.82) is 0 Å². The maximum absolute atomic E-state index is 12.1. The minimum Gasteiger partial charge on any atom is -0.278 e. The second kappa shape index (κ2) is 5.16. The van der Waals surface area contributed by atoms with Crippen LogP contribution < -0.4 is 4.90 Å². The highest BCUT2D eigenvalue weighted by molar-refractivity contribution is 9.10. The highest BCUT2D eigenvalue weighted by atomic mass is 79.9. The predicted octanol–water partition coefficient (Wildman–Crippen LogP) is 4.51. The quantitative estimate of drug-likeness (QED) is 0.551. The average Bonchev–Trinajstić information content (AvgIpc) is 2.44. The first-order chi connectivity index (χ1) is 9.99. The molecule has 0 fully saturated rings. The first-order valence-electron chi connectivity index (χ1n) is 6.04. The monoisotopic (exact) mass is 364 g/mol. The molecule has 2 aromatic carbocycles. The molecule has 0 aliphatic carbocycles. The van der Waals surface area contributed by atoms with Crippen molar-refractivity contribution in [3.8, 4) is 0 Å². The number of anilines is 2. The number of benzene rings is 2. The van der Waals surface area contributed by atoms with Gasteiger partial charge < -0.3 is 0 Å². The van der Waals surface area contributed by atoms with Crippen LogP contribution in [0.1, 0.15) is 6.92 Å². The summed E-state index contributed by atoms with van der Waals surface area (Å²) in [5.74, 6) is -0.140. The van der Waals surface area contributed by atoms with Crippen LogP contribution in [-0.4, -0.2) is 10.8 Å². The molecule has 1 aliphatic rings. The summed E-state index contributed by atoms with van der Waals surface area (Å²) in [6.45, 7) is 1.48. The molecule has 1 heterocycles. The molecule has 0 N–H and O–H groups in total. The van der Waals surface area contributed by atoms with Crippen molar-refractivity contribution >= 4 is 50.7 Å². The molecule has 0 spiro atoms. The average molecular weight is 365 g/mol. The lowest BCUT2D eigenvalue weighted by atomic mass is 10.2. The topological polar surface area (TPSA) is 63.5 Å². The molecule has 0 atom stereocenters. The second-order valence-corrected chi connectivity index (χ2v) is 6.39. The fourth-order valence-electron chi connectivity index (χ4n) is 2.24. The smallest absolute Gasteiger partial charge is 0.270 e. The van der Waals surface area contributed by atoms with Crippen molar-refractivity contribution in [2.24, 2.45) is 0 Å². The van der Waals surface area contributed by atoms with E-state index in [1.165, 1.54) is 30.8 Å². The van der Waals surface area contributed by atoms with Crippen LogP contribution in [0.15, 0.2) is 50.7 Å². The van der Waals surface area contributed by atoms with Crippen molar-refractivity contribution in [2.45, 2.75) is 16.7 Å². The highest BCUT2D eigenvalue weighted by Gasteiger charge is 2.29. The number of nitro groups is 1. The summed E-state index contributed by atoms with van der Waals surface area (Å²) in [5, 5.41) is 10.9. The van der Waals surface area contributed by atoms with Gasteiger partial charge in [0.2, 0.25) is 5.91 Å². The van der Waals surface area contributed by atoms with Crippen molar-refractivity contribution in [3.05, 3.63) is 51.0 Å². The van der Waals surface area contributed by atoms with Crippen LogP contribution in [0.3, 0.4) is 0 Å². The zero-order valence-corrected chi connectivity index (χ0v) is 13.3. The number of hydrogen-bond acceptors (Lipinski definition) is 4. The van der Waals surface area contributed by atoms with Crippen LogP contribution in [-0.2, 0) is 4.79 Å². The van der Waals surface area contributed by atoms with Crippen LogP contribution >= 0.6 is 27.7 Å². The van der Waals surface area contributed by atoms with Gasteiger partial charge in [-0.2, -0.15) is 0 Å². The summed E-state index contributed by atoms with van der Waals surface area (Å²) in [5.41, 5.74) is 1.46. The van der Waals surface area contributed by atoms with Gasteiger partial charge in [0.05, 0.1) is 16.3 Å². The van der Waals surface area contributed by atoms with E-state index in [0.29, 0.717) is 10.6 Å². The number of rotatable bonds is 1. The summed E-state index contributed by atoms with van der Waals surface area (Å²) in [7, 11) is 0. The molecule has 0 saturated heterocycles. The molecule has 0 bridgehead atoms. The van der Waals surface area contributed by atoms with Gasteiger partial charge in [0.25, 0.3) is 5.69 Å². The molecule has 0 saturated carbocycles. The second-order valence-electron chi connectivity index (χ2n) is 4.45. The number of halogens is 1. The molecule has 1 aliphatic heterocycles. The Labute approximate surface area is 133 Å². The molecular formula is C14H9BrN2O3S. The van der Waals surface area contributed by atoms with E-state index < -0.39 is 4.92 Å². The lowest BCUT2D eigenvalue weighted by Gasteiger charge is -2.30. The van der Waals surface area contributed by atoms with Crippen LogP contribution in [0.4, 0.5) is 17.1 Å². The largest absolute Gasteiger partial charge is 0.278 e. The molecule has 7 heteroatoms. The van der Waals surface area contributed by atoms with Gasteiger partial charge in [0, 0.05) is 33.3 Å². The third kappa shape index (κ3) is 2.32. The first kappa shape index (κ1) is 14.1. The van der Waals surface area contributed by atoms with Crippen molar-refractivity contribution in [3.63, 3.8) is 0 Å². The van der Waals surface area contributed by atoms with E-state index in [1.807, 2.05) is 18.2 Å². The zero-order chi connectivity index (χ0) is 15.1. The van der Waals surface area contributed by atoms with E-state index in [2.05, 4.69) is 15.9 Å². The van der Waals surface area contributed by atoms with Crippen LogP contribution in [0.2, 0.25) is 0 Å². The van der Waals surface area contributed by atoms with Gasteiger partial charge in [-0.25, -0.2) is 0 Å². The standard InChI is InChI=1S/C14H9BrN2O3S/c1-8(18)16-11-6-5-9(17(19)20)7-13(11)21-12-4-2-3-10(15)14(12)16/h2-7H,1H3. The summed E-state index contributed by atoms with van der Waals surface area (Å²) < 4.78 is 0.812. The highest BCUT2D eigenvalue weighted by Crippen LogP contribution is 2.51. The SMILES string of the molecule is CC(=O)N1c2ccc([N+](=O)[O-])cc2Sc2cccc(Br)c21. The number of non-ortho nitro benzene ring substituents is 1. The lowest BCUT2D eigenvalue weighted by Crippen LogP contribution is -2.26. The number of nitrogens with zero attached hydrogens (tertiary/aromatic N) is 2. The van der Waals surface area contributed by atoms with Crippen molar-refractivity contribution < 1.29 is 9.72 Å². The fraction of sp³-hybridized carbons (Fsp3) is 0.0714. The maximum atomic E-state index is 12.1. The van der Waals surface area contributed by atoms with Gasteiger partial charge in [0.1, 0.15) is 0 Å². The van der Waals surface area contributed by atoms with Gasteiger partial charge in [-0.1, -0.05) is 17.8 Å². The number of para-hydroxylation sites is 1. The fourth-order valence-corrected chi connectivity index (χ4v) is 4.04. The Balaban J connectivity index is 2.23. The minimum absolute atomic E-state index is 0.0169. The van der Waals surface area contributed by atoms with E-state index >= 15 is 0 Å². The molecular weight excluding hydrogens is 356 g/mol. The number of carbonyl (C=O) groups is 1. The summed E-state index contributed by atoms with van der Waals surface area (Å²) in [6, 6.07) is 10.2. The molecule has 0 aromatic heterocycles. The Morgan fingerprint density at radius 2 is 2.05 bits per heavy atom. The third-order valence-corrected chi connectivity index (χ3v) is 4.84. The molecule has 2 aromatic rings. The Morgan fingerprint density at radius 1 is 1.29 bits per heavy atom. The lowest BCUT2D eigenvalue weighted by molar-refractivity contribution is -0.385. The predicted molar refractivity (Wildman–Crippen MR) is 84.2 cm³/mol. The molecule has 1 amide bonds. The summed E-state index contributed by atoms with van der Waals surface area (Å²) in [4.78, 5) is 25.7. The Morgan fingerprint density at radius 3 is 2.71 bits per heavy atom. The zero-order valence-electron chi connectivity index (χ0n) is 10.9. The van der Waals surface area contributed by atoms with Gasteiger partial charge in [0.15, 0.2) is 0 Å². The van der Waals surface area contributed by atoms with Crippen molar-refractivity contribution in [1.82, 2.24) is 0 Å². The minimum atomic E-state index is -0.435. The van der Waals surface area contributed by atoms with Crippen LogP contribution in [0, 0.1) is 10.1 Å². The molecule has 5 nitrogen and oxygen atoms in total. The molecule has 0 radical (unpaired) electrons. The van der Waals surface area contributed by atoms with E-state index in [-0.39, 0.29) is 11.6 Å². The van der Waals surface area contributed by atoms with Crippen molar-refractivity contribution in [2.75, 3.05) is 4.90 Å². The molecule has 106 valence electrons. The number of fused-ring (bicyclic) bond motifs is 2. The molecule has 3 rings (SSSR count). The number of carbonyl (C=O) groups excluding carboxylic acids is 1. The number of hydrogen-bond donors (Lipinski definition) is 0. The first-order valence-corrected chi connectivity index (χ1v) is 7.65. The van der Waals surface area contributed by atoms with Gasteiger partial charge >= 0.3 is 0 Å². The maximum Gasteiger partial charge on any atom is 0.270 e. The van der Waals surface area contributed by atoms with Crippen LogP contribution in [0.5, 0.6) is 0 Å². The van der Waals surface area contributed by atoms with Gasteiger partial charge in [-0.05, 0) is 34.1 Å². The van der Waals surface area contributed by atoms with E-state index in [0.717, 1.165) is 15.1 Å². The van der Waals surface area contributed by atoms with E-state index in [4.69, 9.17) is 0 Å². The Kier molecular flexibility index (Phi) is 3.46. The Hall–Kier alpha value is -1.86. The Bertz CT molecular complexity index is 779. The molecule has 0 unspecified atom stereocenters. The third-order valence-electron chi connectivity index (χ3n) is 3.10. The normalized spacial score (nSPS) is 12.6. The van der Waals surface area contributed by atoms with Crippen LogP contribution in [0.25, 0.3) is 0 Å². The van der Waals surface area contributed by atoms with Gasteiger partial charge in [-0.15, -0.1) is 0 Å². The number of amides is 1. The summed E-state index contributed by atoms with van der Waals surface area (Å²) >= 11 is 4.89. The van der Waals surface area contributed by atoms with Gasteiger partial charge in [-0.3, -0.25) is 19.8 Å². The summed E-state index contributed by atoms with van der Waals surface area (Å²) in [6.07, 6.45) is 0. The molecule has 21 heavy (non-hydrogen) atoms.